The lowest BCUT2D eigenvalue weighted by molar-refractivity contribution is 0.0572. The van der Waals surface area contributed by atoms with Gasteiger partial charge in [-0.1, -0.05) is 55.7 Å². The molecule has 0 aromatic heterocycles. The summed E-state index contributed by atoms with van der Waals surface area (Å²) in [5.74, 6) is 0. The third kappa shape index (κ3) is 1.91. The molecule has 2 aliphatic rings. The maximum absolute atomic E-state index is 3.88. The molecule has 1 spiro atoms. The van der Waals surface area contributed by atoms with Crippen LogP contribution in [0.15, 0.2) is 42.5 Å². The number of hydrogen-bond acceptors (Lipinski definition) is 1. The molecule has 4 rings (SSSR count). The first-order chi connectivity index (χ1) is 9.87. The molecule has 1 atom stereocenters. The molecule has 2 aromatic carbocycles. The zero-order valence-electron chi connectivity index (χ0n) is 12.1. The number of hydrogen-bond donors (Lipinski definition) is 1. The van der Waals surface area contributed by atoms with Crippen LogP contribution in [0.5, 0.6) is 0 Å². The lowest BCUT2D eigenvalue weighted by atomic mass is 9.57. The van der Waals surface area contributed by atoms with E-state index in [4.69, 9.17) is 0 Å². The van der Waals surface area contributed by atoms with Gasteiger partial charge in [-0.05, 0) is 42.6 Å². The van der Waals surface area contributed by atoms with Crippen LogP contribution in [0.2, 0.25) is 0 Å². The van der Waals surface area contributed by atoms with E-state index in [1.165, 1.54) is 61.4 Å². The number of nitrogens with one attached hydrogen (secondary N) is 1. The molecule has 1 unspecified atom stereocenters. The summed E-state index contributed by atoms with van der Waals surface area (Å²) in [5.41, 5.74) is 1.95. The smallest absolute Gasteiger partial charge is 0.0422 e. The number of benzene rings is 2. The van der Waals surface area contributed by atoms with Gasteiger partial charge in [0.25, 0.3) is 0 Å². The zero-order chi connectivity index (χ0) is 13.4. The summed E-state index contributed by atoms with van der Waals surface area (Å²) in [6.45, 7) is 0. The standard InChI is InChI=1S/C19H23N/c1-4-12-19(13-5-1)14-11-18(19)20-17-10-6-8-15-7-2-3-9-16(15)17/h2-3,6-10,18,20H,1,4-5,11-14H2. The molecule has 2 saturated carbocycles. The maximum Gasteiger partial charge on any atom is 0.0422 e. The monoisotopic (exact) mass is 265 g/mol. The molecule has 0 heterocycles. The summed E-state index contributed by atoms with van der Waals surface area (Å²) in [6.07, 6.45) is 9.99. The van der Waals surface area contributed by atoms with E-state index in [9.17, 15) is 0 Å². The van der Waals surface area contributed by atoms with Crippen molar-refractivity contribution in [3.8, 4) is 0 Å². The summed E-state index contributed by atoms with van der Waals surface area (Å²) in [4.78, 5) is 0. The number of fused-ring (bicyclic) bond motifs is 1. The van der Waals surface area contributed by atoms with Crippen LogP contribution in [-0.2, 0) is 0 Å². The molecule has 0 bridgehead atoms. The van der Waals surface area contributed by atoms with Crippen LogP contribution in [0, 0.1) is 5.41 Å². The molecule has 2 aliphatic carbocycles. The Balaban J connectivity index is 1.62. The average molecular weight is 265 g/mol. The van der Waals surface area contributed by atoms with Crippen LogP contribution in [0.3, 0.4) is 0 Å². The molecule has 0 aliphatic heterocycles. The second-order valence-electron chi connectivity index (χ2n) is 6.69. The Bertz CT molecular complexity index is 605. The Kier molecular flexibility index (Phi) is 2.94. The number of anilines is 1. The van der Waals surface area contributed by atoms with Crippen LogP contribution in [0.25, 0.3) is 10.8 Å². The third-order valence-electron chi connectivity index (χ3n) is 5.64. The average Bonchev–Trinajstić information content (AvgIpc) is 2.52. The van der Waals surface area contributed by atoms with Crippen molar-refractivity contribution in [3.05, 3.63) is 42.5 Å². The van der Waals surface area contributed by atoms with E-state index in [2.05, 4.69) is 47.8 Å². The van der Waals surface area contributed by atoms with E-state index in [0.717, 1.165) is 0 Å². The minimum Gasteiger partial charge on any atom is -0.381 e. The number of rotatable bonds is 2. The minimum absolute atomic E-state index is 0.620. The predicted molar refractivity (Wildman–Crippen MR) is 86.1 cm³/mol. The normalized spacial score (nSPS) is 24.5. The van der Waals surface area contributed by atoms with Gasteiger partial charge in [-0.2, -0.15) is 0 Å². The van der Waals surface area contributed by atoms with Crippen molar-refractivity contribution in [1.29, 1.82) is 0 Å². The Morgan fingerprint density at radius 1 is 0.850 bits per heavy atom. The summed E-state index contributed by atoms with van der Waals surface area (Å²) < 4.78 is 0. The highest BCUT2D eigenvalue weighted by atomic mass is 15.0. The molecule has 0 saturated heterocycles. The second kappa shape index (κ2) is 4.80. The molecule has 1 heteroatoms. The van der Waals surface area contributed by atoms with Crippen LogP contribution in [-0.4, -0.2) is 6.04 Å². The molecule has 1 N–H and O–H groups in total. The molecule has 0 radical (unpaired) electrons. The van der Waals surface area contributed by atoms with Crippen molar-refractivity contribution >= 4 is 16.5 Å². The van der Waals surface area contributed by atoms with Gasteiger partial charge in [0.05, 0.1) is 0 Å². The lowest BCUT2D eigenvalue weighted by Gasteiger charge is -2.52. The highest BCUT2D eigenvalue weighted by Crippen LogP contribution is 2.52. The van der Waals surface area contributed by atoms with Crippen LogP contribution < -0.4 is 5.32 Å². The Morgan fingerprint density at radius 3 is 2.45 bits per heavy atom. The summed E-state index contributed by atoms with van der Waals surface area (Å²) in [6, 6.07) is 16.0. The van der Waals surface area contributed by atoms with Crippen molar-refractivity contribution in [2.24, 2.45) is 5.41 Å². The predicted octanol–water partition coefficient (Wildman–Crippen LogP) is 5.36. The van der Waals surface area contributed by atoms with E-state index >= 15 is 0 Å². The van der Waals surface area contributed by atoms with Gasteiger partial charge in [0, 0.05) is 17.1 Å². The van der Waals surface area contributed by atoms with Gasteiger partial charge < -0.3 is 5.32 Å². The maximum atomic E-state index is 3.88. The first-order valence-corrected chi connectivity index (χ1v) is 8.12. The van der Waals surface area contributed by atoms with Gasteiger partial charge in [0.15, 0.2) is 0 Å². The largest absolute Gasteiger partial charge is 0.381 e. The van der Waals surface area contributed by atoms with Gasteiger partial charge in [0.2, 0.25) is 0 Å². The SMILES string of the molecule is c1ccc2c(NC3CCC34CCCCC4)cccc2c1. The first-order valence-electron chi connectivity index (χ1n) is 8.12. The highest BCUT2D eigenvalue weighted by molar-refractivity contribution is 5.93. The van der Waals surface area contributed by atoms with Gasteiger partial charge in [-0.25, -0.2) is 0 Å². The van der Waals surface area contributed by atoms with Crippen LogP contribution in [0.1, 0.15) is 44.9 Å². The fraction of sp³-hybridized carbons (Fsp3) is 0.474. The van der Waals surface area contributed by atoms with Crippen LogP contribution >= 0.6 is 0 Å². The van der Waals surface area contributed by atoms with Gasteiger partial charge in [-0.3, -0.25) is 0 Å². The van der Waals surface area contributed by atoms with E-state index in [0.29, 0.717) is 11.5 Å². The Labute approximate surface area is 121 Å². The fourth-order valence-electron chi connectivity index (χ4n) is 4.32. The van der Waals surface area contributed by atoms with Crippen molar-refractivity contribution in [2.75, 3.05) is 5.32 Å². The summed E-state index contributed by atoms with van der Waals surface area (Å²) in [5, 5.41) is 6.59. The van der Waals surface area contributed by atoms with Crippen LogP contribution in [0.4, 0.5) is 5.69 Å². The van der Waals surface area contributed by atoms with Gasteiger partial charge in [-0.15, -0.1) is 0 Å². The van der Waals surface area contributed by atoms with Crippen molar-refractivity contribution < 1.29 is 0 Å². The van der Waals surface area contributed by atoms with Crippen molar-refractivity contribution in [1.82, 2.24) is 0 Å². The molecule has 2 aromatic rings. The molecule has 2 fully saturated rings. The topological polar surface area (TPSA) is 12.0 Å². The molecule has 104 valence electrons. The quantitative estimate of drug-likeness (QED) is 0.770. The molecule has 20 heavy (non-hydrogen) atoms. The van der Waals surface area contributed by atoms with Crippen molar-refractivity contribution in [3.63, 3.8) is 0 Å². The third-order valence-corrected chi connectivity index (χ3v) is 5.64. The molecule has 0 amide bonds. The van der Waals surface area contributed by atoms with Gasteiger partial charge >= 0.3 is 0 Å². The Morgan fingerprint density at radius 2 is 1.65 bits per heavy atom. The van der Waals surface area contributed by atoms with E-state index < -0.39 is 0 Å². The first kappa shape index (κ1) is 12.3. The van der Waals surface area contributed by atoms with E-state index in [-0.39, 0.29) is 0 Å². The molecule has 1 nitrogen and oxygen atoms in total. The van der Waals surface area contributed by atoms with E-state index in [1.807, 2.05) is 0 Å². The highest BCUT2D eigenvalue weighted by Gasteiger charge is 2.46. The summed E-state index contributed by atoms with van der Waals surface area (Å²) >= 11 is 0. The minimum atomic E-state index is 0.620. The van der Waals surface area contributed by atoms with Gasteiger partial charge in [0.1, 0.15) is 0 Å². The summed E-state index contributed by atoms with van der Waals surface area (Å²) in [7, 11) is 0. The lowest BCUT2D eigenvalue weighted by Crippen LogP contribution is -2.50. The van der Waals surface area contributed by atoms with E-state index in [1.54, 1.807) is 0 Å². The molecular weight excluding hydrogens is 242 g/mol. The van der Waals surface area contributed by atoms with Crippen molar-refractivity contribution in [2.45, 2.75) is 51.0 Å². The second-order valence-corrected chi connectivity index (χ2v) is 6.69. The Hall–Kier alpha value is -1.50. The molecular formula is C19H23N. The fourth-order valence-corrected chi connectivity index (χ4v) is 4.32. The zero-order valence-corrected chi connectivity index (χ0v) is 12.1.